The smallest absolute Gasteiger partial charge is 0.236 e. The summed E-state index contributed by atoms with van der Waals surface area (Å²) in [6.07, 6.45) is 1.69. The van der Waals surface area contributed by atoms with Gasteiger partial charge in [-0.1, -0.05) is 11.8 Å². The Kier molecular flexibility index (Phi) is 5.93. The van der Waals surface area contributed by atoms with Crippen LogP contribution in [0.5, 0.6) is 0 Å². The van der Waals surface area contributed by atoms with Crippen LogP contribution >= 0.6 is 11.8 Å². The molecule has 0 spiro atoms. The first kappa shape index (κ1) is 18.4. The molecule has 0 saturated heterocycles. The molecule has 0 fully saturated rings. The zero-order chi connectivity index (χ0) is 17.9. The van der Waals surface area contributed by atoms with E-state index in [9.17, 15) is 4.79 Å². The Balaban J connectivity index is 2.02. The van der Waals surface area contributed by atoms with E-state index in [1.54, 1.807) is 18.3 Å². The number of hydrogen-bond donors (Lipinski definition) is 0. The van der Waals surface area contributed by atoms with Gasteiger partial charge in [0.15, 0.2) is 11.0 Å². The molecule has 1 amide bonds. The molecular formula is C16H24N6OS. The number of aromatic nitrogens is 5. The summed E-state index contributed by atoms with van der Waals surface area (Å²) in [6, 6.07) is 2.18. The Morgan fingerprint density at radius 3 is 2.46 bits per heavy atom. The van der Waals surface area contributed by atoms with Crippen molar-refractivity contribution in [2.45, 2.75) is 57.6 Å². The normalized spacial score (nSPS) is 12.5. The molecule has 2 rings (SSSR count). The van der Waals surface area contributed by atoms with Crippen LogP contribution in [0, 0.1) is 13.8 Å². The van der Waals surface area contributed by atoms with E-state index < -0.39 is 0 Å². The van der Waals surface area contributed by atoms with E-state index in [2.05, 4.69) is 34.0 Å². The third-order valence-electron chi connectivity index (χ3n) is 3.55. The van der Waals surface area contributed by atoms with Crippen molar-refractivity contribution in [1.29, 1.82) is 0 Å². The molecule has 130 valence electrons. The van der Waals surface area contributed by atoms with Crippen LogP contribution in [-0.2, 0) is 11.3 Å². The van der Waals surface area contributed by atoms with E-state index in [1.807, 2.05) is 31.4 Å². The van der Waals surface area contributed by atoms with Crippen LogP contribution < -0.4 is 0 Å². The summed E-state index contributed by atoms with van der Waals surface area (Å²) in [5.41, 5.74) is 1.81. The molecule has 1 unspecified atom stereocenters. The van der Waals surface area contributed by atoms with Crippen molar-refractivity contribution in [3.8, 4) is 0 Å². The van der Waals surface area contributed by atoms with Gasteiger partial charge < -0.3 is 9.47 Å². The molecule has 2 aromatic rings. The number of thioether (sulfide) groups is 1. The van der Waals surface area contributed by atoms with Crippen molar-refractivity contribution in [2.75, 3.05) is 7.05 Å². The molecule has 2 heterocycles. The zero-order valence-corrected chi connectivity index (χ0v) is 15.8. The van der Waals surface area contributed by atoms with E-state index in [-0.39, 0.29) is 17.2 Å². The van der Waals surface area contributed by atoms with Crippen LogP contribution in [0.3, 0.4) is 0 Å². The summed E-state index contributed by atoms with van der Waals surface area (Å²) in [5, 5.41) is 8.41. The fourth-order valence-corrected chi connectivity index (χ4v) is 3.36. The summed E-state index contributed by atoms with van der Waals surface area (Å²) in [4.78, 5) is 23.1. The fraction of sp³-hybridized carbons (Fsp3) is 0.562. The Bertz CT molecular complexity index is 694. The quantitative estimate of drug-likeness (QED) is 0.589. The molecular weight excluding hydrogens is 324 g/mol. The summed E-state index contributed by atoms with van der Waals surface area (Å²) < 4.78 is 1.97. The lowest BCUT2D eigenvalue weighted by atomic mass is 10.3. The highest BCUT2D eigenvalue weighted by atomic mass is 32.2. The molecule has 0 bridgehead atoms. The number of nitrogens with zero attached hydrogens (tertiary/aromatic N) is 6. The van der Waals surface area contributed by atoms with Crippen LogP contribution in [-0.4, -0.2) is 47.8 Å². The summed E-state index contributed by atoms with van der Waals surface area (Å²) in [5.74, 6) is 0.793. The van der Waals surface area contributed by atoms with Gasteiger partial charge in [0.05, 0.1) is 11.8 Å². The second-order valence-electron chi connectivity index (χ2n) is 6.14. The standard InChI is InChI=1S/C16H24N6OS/c1-10(2)22-9-17-20-14(22)8-21(6)15(23)13(5)24-16-18-11(3)7-12(4)19-16/h7,9-10,13H,8H2,1-6H3. The van der Waals surface area contributed by atoms with Crippen LogP contribution in [0.1, 0.15) is 44.0 Å². The Morgan fingerprint density at radius 1 is 1.25 bits per heavy atom. The summed E-state index contributed by atoms with van der Waals surface area (Å²) in [6.45, 7) is 10.3. The SMILES string of the molecule is Cc1cc(C)nc(SC(C)C(=O)N(C)Cc2nncn2C(C)C)n1. The van der Waals surface area contributed by atoms with Crippen LogP contribution in [0.15, 0.2) is 17.6 Å². The van der Waals surface area contributed by atoms with Gasteiger partial charge in [-0.15, -0.1) is 10.2 Å². The van der Waals surface area contributed by atoms with E-state index in [0.717, 1.165) is 17.2 Å². The van der Waals surface area contributed by atoms with Gasteiger partial charge in [0, 0.05) is 24.5 Å². The van der Waals surface area contributed by atoms with Crippen molar-refractivity contribution in [2.24, 2.45) is 0 Å². The minimum atomic E-state index is -0.272. The highest BCUT2D eigenvalue weighted by molar-refractivity contribution is 8.00. The van der Waals surface area contributed by atoms with Crippen LogP contribution in [0.2, 0.25) is 0 Å². The van der Waals surface area contributed by atoms with Crippen molar-refractivity contribution in [1.82, 2.24) is 29.6 Å². The lowest BCUT2D eigenvalue weighted by Gasteiger charge is -2.21. The number of rotatable bonds is 6. The Labute approximate surface area is 146 Å². The highest BCUT2D eigenvalue weighted by Gasteiger charge is 2.22. The van der Waals surface area contributed by atoms with Gasteiger partial charge in [-0.05, 0) is 40.7 Å². The van der Waals surface area contributed by atoms with E-state index >= 15 is 0 Å². The average Bonchev–Trinajstić information content (AvgIpc) is 2.93. The van der Waals surface area contributed by atoms with E-state index in [0.29, 0.717) is 11.7 Å². The number of carbonyl (C=O) groups is 1. The van der Waals surface area contributed by atoms with Crippen molar-refractivity contribution < 1.29 is 4.79 Å². The largest absolute Gasteiger partial charge is 0.337 e. The molecule has 0 aliphatic heterocycles. The van der Waals surface area contributed by atoms with Gasteiger partial charge in [-0.3, -0.25) is 4.79 Å². The number of amides is 1. The molecule has 24 heavy (non-hydrogen) atoms. The first-order valence-corrected chi connectivity index (χ1v) is 8.78. The molecule has 0 aromatic carbocycles. The fourth-order valence-electron chi connectivity index (χ4n) is 2.37. The van der Waals surface area contributed by atoms with Crippen molar-refractivity contribution in [3.05, 3.63) is 29.6 Å². The molecule has 1 atom stereocenters. The number of carbonyl (C=O) groups excluding carboxylic acids is 1. The maximum Gasteiger partial charge on any atom is 0.236 e. The predicted octanol–water partition coefficient (Wildman–Crippen LogP) is 2.41. The van der Waals surface area contributed by atoms with Gasteiger partial charge in [0.2, 0.25) is 5.91 Å². The molecule has 8 heteroatoms. The van der Waals surface area contributed by atoms with Gasteiger partial charge in [0.1, 0.15) is 6.33 Å². The van der Waals surface area contributed by atoms with E-state index in [4.69, 9.17) is 0 Å². The molecule has 0 aliphatic carbocycles. The lowest BCUT2D eigenvalue weighted by molar-refractivity contribution is -0.129. The Hall–Kier alpha value is -1.96. The van der Waals surface area contributed by atoms with Crippen molar-refractivity contribution >= 4 is 17.7 Å². The maximum atomic E-state index is 12.6. The maximum absolute atomic E-state index is 12.6. The van der Waals surface area contributed by atoms with Crippen LogP contribution in [0.25, 0.3) is 0 Å². The molecule has 0 N–H and O–H groups in total. The first-order chi connectivity index (χ1) is 11.3. The van der Waals surface area contributed by atoms with Crippen LogP contribution in [0.4, 0.5) is 0 Å². The second kappa shape index (κ2) is 7.74. The first-order valence-electron chi connectivity index (χ1n) is 7.90. The summed E-state index contributed by atoms with van der Waals surface area (Å²) >= 11 is 1.38. The van der Waals surface area contributed by atoms with Gasteiger partial charge in [-0.25, -0.2) is 9.97 Å². The third kappa shape index (κ3) is 4.53. The average molecular weight is 348 g/mol. The topological polar surface area (TPSA) is 76.8 Å². The number of aryl methyl sites for hydroxylation is 2. The van der Waals surface area contributed by atoms with Gasteiger partial charge in [0.25, 0.3) is 0 Å². The van der Waals surface area contributed by atoms with Crippen molar-refractivity contribution in [3.63, 3.8) is 0 Å². The van der Waals surface area contributed by atoms with Gasteiger partial charge in [-0.2, -0.15) is 0 Å². The third-order valence-corrected chi connectivity index (χ3v) is 4.50. The minimum absolute atomic E-state index is 0.0149. The monoisotopic (exact) mass is 348 g/mol. The molecule has 0 radical (unpaired) electrons. The second-order valence-corrected chi connectivity index (χ2v) is 7.44. The minimum Gasteiger partial charge on any atom is -0.337 e. The van der Waals surface area contributed by atoms with E-state index in [1.165, 1.54) is 11.8 Å². The molecule has 0 saturated carbocycles. The molecule has 7 nitrogen and oxygen atoms in total. The highest BCUT2D eigenvalue weighted by Crippen LogP contribution is 2.22. The number of hydrogen-bond acceptors (Lipinski definition) is 6. The van der Waals surface area contributed by atoms with Gasteiger partial charge >= 0.3 is 0 Å². The summed E-state index contributed by atoms with van der Waals surface area (Å²) in [7, 11) is 1.78. The molecule has 0 aliphatic rings. The predicted molar refractivity (Wildman–Crippen MR) is 93.7 cm³/mol. The lowest BCUT2D eigenvalue weighted by Crippen LogP contribution is -2.34. The zero-order valence-electron chi connectivity index (χ0n) is 15.0. The molecule has 2 aromatic heterocycles. The Morgan fingerprint density at radius 2 is 1.88 bits per heavy atom.